The second-order valence-electron chi connectivity index (χ2n) is 5.25. The van der Waals surface area contributed by atoms with E-state index in [4.69, 9.17) is 0 Å². The van der Waals surface area contributed by atoms with E-state index in [-0.39, 0.29) is 12.4 Å². The molecule has 17 heavy (non-hydrogen) atoms. The zero-order valence-electron chi connectivity index (χ0n) is 11.0. The quantitative estimate of drug-likeness (QED) is 0.832. The van der Waals surface area contributed by atoms with E-state index in [2.05, 4.69) is 28.9 Å². The second kappa shape index (κ2) is 8.63. The summed E-state index contributed by atoms with van der Waals surface area (Å²) in [6.45, 7) is 7.51. The van der Waals surface area contributed by atoms with Crippen LogP contribution in [0.3, 0.4) is 0 Å². The van der Waals surface area contributed by atoms with Crippen molar-refractivity contribution < 1.29 is 0 Å². The smallest absolute Gasteiger partial charge is 0.00828 e. The average molecular weight is 279 g/mol. The van der Waals surface area contributed by atoms with E-state index in [1.54, 1.807) is 0 Å². The molecule has 0 aromatic heterocycles. The maximum Gasteiger partial charge on any atom is 0.00828 e. The molecular weight excluding hydrogens is 252 g/mol. The highest BCUT2D eigenvalue weighted by Gasteiger charge is 2.22. The number of hydrogen-bond donors (Lipinski definition) is 1. The molecule has 0 saturated carbocycles. The highest BCUT2D eigenvalue weighted by atomic mass is 35.5. The molecule has 2 rings (SSSR count). The van der Waals surface area contributed by atoms with Crippen LogP contribution in [0.4, 0.5) is 0 Å². The molecule has 2 heterocycles. The van der Waals surface area contributed by atoms with Crippen molar-refractivity contribution in [2.75, 3.05) is 37.7 Å². The summed E-state index contributed by atoms with van der Waals surface area (Å²) in [6.07, 6.45) is 5.49. The van der Waals surface area contributed by atoms with Crippen molar-refractivity contribution >= 4 is 24.2 Å². The standard InChI is InChI=1S/C13H26N2S.ClH/c1-2-6-15-7-3-12(11-15)10-14-13-4-8-16-9-5-13;/h12-14H,2-11H2,1H3;1H. The van der Waals surface area contributed by atoms with Gasteiger partial charge in [-0.15, -0.1) is 12.4 Å². The highest BCUT2D eigenvalue weighted by Crippen LogP contribution is 2.19. The minimum Gasteiger partial charge on any atom is -0.314 e. The monoisotopic (exact) mass is 278 g/mol. The van der Waals surface area contributed by atoms with Crippen molar-refractivity contribution in [2.45, 2.75) is 38.6 Å². The molecule has 102 valence electrons. The summed E-state index contributed by atoms with van der Waals surface area (Å²) in [4.78, 5) is 2.63. The van der Waals surface area contributed by atoms with E-state index in [1.807, 2.05) is 0 Å². The Kier molecular flexibility index (Phi) is 7.92. The number of thioether (sulfide) groups is 1. The predicted octanol–water partition coefficient (Wildman–Crippen LogP) is 2.63. The average Bonchev–Trinajstić information content (AvgIpc) is 2.76. The predicted molar refractivity (Wildman–Crippen MR) is 80.4 cm³/mol. The van der Waals surface area contributed by atoms with E-state index >= 15 is 0 Å². The number of hydrogen-bond acceptors (Lipinski definition) is 3. The van der Waals surface area contributed by atoms with E-state index in [1.165, 1.54) is 63.4 Å². The summed E-state index contributed by atoms with van der Waals surface area (Å²) in [5.41, 5.74) is 0. The van der Waals surface area contributed by atoms with Crippen LogP contribution in [-0.4, -0.2) is 48.6 Å². The summed E-state index contributed by atoms with van der Waals surface area (Å²) in [7, 11) is 0. The summed E-state index contributed by atoms with van der Waals surface area (Å²) in [6, 6.07) is 0.821. The minimum atomic E-state index is 0. The van der Waals surface area contributed by atoms with E-state index in [0.29, 0.717) is 0 Å². The molecule has 0 aromatic rings. The van der Waals surface area contributed by atoms with Gasteiger partial charge in [-0.05, 0) is 62.7 Å². The highest BCUT2D eigenvalue weighted by molar-refractivity contribution is 7.99. The van der Waals surface area contributed by atoms with Crippen molar-refractivity contribution in [1.29, 1.82) is 0 Å². The Hall–Kier alpha value is 0.560. The fourth-order valence-electron chi connectivity index (χ4n) is 2.83. The lowest BCUT2D eigenvalue weighted by Gasteiger charge is -2.24. The normalized spacial score (nSPS) is 27.0. The SMILES string of the molecule is CCCN1CCC(CNC2CCSCC2)C1.Cl. The lowest BCUT2D eigenvalue weighted by Crippen LogP contribution is -2.36. The van der Waals surface area contributed by atoms with Gasteiger partial charge in [-0.3, -0.25) is 0 Å². The molecule has 2 aliphatic rings. The maximum atomic E-state index is 3.79. The summed E-state index contributed by atoms with van der Waals surface area (Å²) in [5, 5.41) is 3.79. The molecule has 0 radical (unpaired) electrons. The van der Waals surface area contributed by atoms with Crippen molar-refractivity contribution in [3.63, 3.8) is 0 Å². The number of nitrogens with one attached hydrogen (secondary N) is 1. The van der Waals surface area contributed by atoms with Gasteiger partial charge in [-0.2, -0.15) is 11.8 Å². The first-order valence-corrected chi connectivity index (χ1v) is 8.07. The molecule has 0 aromatic carbocycles. The van der Waals surface area contributed by atoms with Crippen molar-refractivity contribution in [3.05, 3.63) is 0 Å². The first-order valence-electron chi connectivity index (χ1n) is 6.92. The number of halogens is 1. The summed E-state index contributed by atoms with van der Waals surface area (Å²) >= 11 is 2.12. The molecule has 0 aliphatic carbocycles. The van der Waals surface area contributed by atoms with Gasteiger partial charge < -0.3 is 10.2 Å². The van der Waals surface area contributed by atoms with Crippen LogP contribution in [-0.2, 0) is 0 Å². The molecule has 2 nitrogen and oxygen atoms in total. The Morgan fingerprint density at radius 3 is 2.71 bits per heavy atom. The first-order chi connectivity index (χ1) is 7.88. The maximum absolute atomic E-state index is 3.79. The Balaban J connectivity index is 0.00000144. The van der Waals surface area contributed by atoms with Crippen LogP contribution in [0.25, 0.3) is 0 Å². The third-order valence-corrected chi connectivity index (χ3v) is 4.88. The molecule has 1 unspecified atom stereocenters. The van der Waals surface area contributed by atoms with Gasteiger partial charge >= 0.3 is 0 Å². The third-order valence-electron chi connectivity index (χ3n) is 3.83. The van der Waals surface area contributed by atoms with Crippen molar-refractivity contribution in [1.82, 2.24) is 10.2 Å². The first kappa shape index (κ1) is 15.6. The fraction of sp³-hybridized carbons (Fsp3) is 1.00. The molecule has 0 amide bonds. The van der Waals surface area contributed by atoms with Crippen LogP contribution in [0.1, 0.15) is 32.6 Å². The van der Waals surface area contributed by atoms with Crippen molar-refractivity contribution in [2.24, 2.45) is 5.92 Å². The van der Waals surface area contributed by atoms with Gasteiger partial charge in [0, 0.05) is 12.6 Å². The number of likely N-dealkylation sites (tertiary alicyclic amines) is 1. The number of rotatable bonds is 5. The minimum absolute atomic E-state index is 0. The van der Waals surface area contributed by atoms with Crippen LogP contribution < -0.4 is 5.32 Å². The lowest BCUT2D eigenvalue weighted by atomic mass is 10.1. The molecule has 4 heteroatoms. The Labute approximate surface area is 117 Å². The van der Waals surface area contributed by atoms with Gasteiger partial charge in [-0.25, -0.2) is 0 Å². The lowest BCUT2D eigenvalue weighted by molar-refractivity contribution is 0.318. The summed E-state index contributed by atoms with van der Waals surface area (Å²) in [5.74, 6) is 3.65. The fourth-order valence-corrected chi connectivity index (χ4v) is 3.94. The molecule has 2 saturated heterocycles. The molecule has 0 bridgehead atoms. The molecule has 2 aliphatic heterocycles. The topological polar surface area (TPSA) is 15.3 Å². The zero-order valence-corrected chi connectivity index (χ0v) is 12.6. The molecule has 0 spiro atoms. The van der Waals surface area contributed by atoms with Gasteiger partial charge in [0.1, 0.15) is 0 Å². The second-order valence-corrected chi connectivity index (χ2v) is 6.47. The van der Waals surface area contributed by atoms with Crippen LogP contribution in [0, 0.1) is 5.92 Å². The van der Waals surface area contributed by atoms with E-state index < -0.39 is 0 Å². The molecular formula is C13H27ClN2S. The van der Waals surface area contributed by atoms with Gasteiger partial charge in [0.2, 0.25) is 0 Å². The van der Waals surface area contributed by atoms with Crippen LogP contribution in [0.15, 0.2) is 0 Å². The Bertz CT molecular complexity index is 198. The van der Waals surface area contributed by atoms with Gasteiger partial charge in [-0.1, -0.05) is 6.92 Å². The Morgan fingerprint density at radius 1 is 1.24 bits per heavy atom. The molecule has 2 fully saturated rings. The van der Waals surface area contributed by atoms with Gasteiger partial charge in [0.15, 0.2) is 0 Å². The van der Waals surface area contributed by atoms with Crippen LogP contribution >= 0.6 is 24.2 Å². The third kappa shape index (κ3) is 5.37. The largest absolute Gasteiger partial charge is 0.314 e. The Morgan fingerprint density at radius 2 is 2.00 bits per heavy atom. The van der Waals surface area contributed by atoms with Crippen LogP contribution in [0.2, 0.25) is 0 Å². The van der Waals surface area contributed by atoms with Gasteiger partial charge in [0.25, 0.3) is 0 Å². The summed E-state index contributed by atoms with van der Waals surface area (Å²) < 4.78 is 0. The molecule has 1 N–H and O–H groups in total. The van der Waals surface area contributed by atoms with E-state index in [9.17, 15) is 0 Å². The number of nitrogens with zero attached hydrogens (tertiary/aromatic N) is 1. The van der Waals surface area contributed by atoms with E-state index in [0.717, 1.165) is 12.0 Å². The van der Waals surface area contributed by atoms with Crippen molar-refractivity contribution in [3.8, 4) is 0 Å². The van der Waals surface area contributed by atoms with Crippen LogP contribution in [0.5, 0.6) is 0 Å². The molecule has 1 atom stereocenters. The van der Waals surface area contributed by atoms with Gasteiger partial charge in [0.05, 0.1) is 0 Å². The zero-order chi connectivity index (χ0) is 11.2.